The molecule has 0 amide bonds. The summed E-state index contributed by atoms with van der Waals surface area (Å²) in [6, 6.07) is 3.09. The Kier molecular flexibility index (Phi) is 8.50. The van der Waals surface area contributed by atoms with Crippen LogP contribution in [0.4, 0.5) is 0 Å². The first kappa shape index (κ1) is 18.1. The molecule has 0 atom stereocenters. The van der Waals surface area contributed by atoms with Crippen molar-refractivity contribution >= 4 is 28.4 Å². The van der Waals surface area contributed by atoms with Gasteiger partial charge in [-0.2, -0.15) is 0 Å². The lowest BCUT2D eigenvalue weighted by Crippen LogP contribution is -2.05. The number of carbonyl (C=O) groups is 1. The highest BCUT2D eigenvalue weighted by atomic mass is 35.5. The topological polar surface area (TPSA) is 44.8 Å². The molecule has 6 heteroatoms. The highest BCUT2D eigenvalue weighted by molar-refractivity contribution is 6.68. The van der Waals surface area contributed by atoms with E-state index >= 15 is 0 Å². The Balaban J connectivity index is 2.83. The van der Waals surface area contributed by atoms with Gasteiger partial charge in [0.05, 0.1) is 23.8 Å². The average Bonchev–Trinajstić information content (AvgIpc) is 2.46. The maximum Gasteiger partial charge on any atom is 0.256 e. The molecule has 0 fully saturated rings. The highest BCUT2D eigenvalue weighted by Crippen LogP contribution is 2.34. The van der Waals surface area contributed by atoms with E-state index in [1.54, 1.807) is 13.2 Å². The van der Waals surface area contributed by atoms with Crippen molar-refractivity contribution in [2.75, 3.05) is 26.9 Å². The standard InChI is InChI=1S/C15H20Cl2O4/c1-3-4-7-20-13-10-14(21-8-5-6-19-2)12(16)9-11(13)15(17)18/h9-10H,3-8H2,1-2H3. The number of carbonyl (C=O) groups excluding carboxylic acids is 1. The van der Waals surface area contributed by atoms with Crippen LogP contribution in [-0.4, -0.2) is 32.2 Å². The summed E-state index contributed by atoms with van der Waals surface area (Å²) in [5.74, 6) is 0.871. The lowest BCUT2D eigenvalue weighted by molar-refractivity contribution is 0.107. The fraction of sp³-hybridized carbons (Fsp3) is 0.533. The van der Waals surface area contributed by atoms with E-state index in [-0.39, 0.29) is 5.56 Å². The minimum Gasteiger partial charge on any atom is -0.493 e. The number of rotatable bonds is 10. The van der Waals surface area contributed by atoms with Gasteiger partial charge < -0.3 is 14.2 Å². The highest BCUT2D eigenvalue weighted by Gasteiger charge is 2.15. The van der Waals surface area contributed by atoms with E-state index in [0.717, 1.165) is 19.3 Å². The molecule has 0 aromatic heterocycles. The van der Waals surface area contributed by atoms with Crippen LogP contribution in [-0.2, 0) is 4.74 Å². The molecular formula is C15H20Cl2O4. The third-order valence-electron chi connectivity index (χ3n) is 2.75. The van der Waals surface area contributed by atoms with Gasteiger partial charge in [0, 0.05) is 26.2 Å². The molecule has 1 rings (SSSR count). The minimum atomic E-state index is -0.602. The molecule has 1 aromatic rings. The van der Waals surface area contributed by atoms with Crippen LogP contribution in [0.25, 0.3) is 0 Å². The molecule has 0 saturated carbocycles. The molecule has 0 N–H and O–H groups in total. The van der Waals surface area contributed by atoms with Crippen LogP contribution in [0.2, 0.25) is 5.02 Å². The number of methoxy groups -OCH3 is 1. The lowest BCUT2D eigenvalue weighted by Gasteiger charge is -2.13. The van der Waals surface area contributed by atoms with Crippen molar-refractivity contribution in [2.45, 2.75) is 26.2 Å². The summed E-state index contributed by atoms with van der Waals surface area (Å²) in [7, 11) is 1.63. The maximum absolute atomic E-state index is 11.4. The monoisotopic (exact) mass is 334 g/mol. The van der Waals surface area contributed by atoms with Crippen LogP contribution in [0.3, 0.4) is 0 Å². The number of benzene rings is 1. The number of hydrogen-bond acceptors (Lipinski definition) is 4. The molecule has 4 nitrogen and oxygen atoms in total. The Morgan fingerprint density at radius 3 is 2.38 bits per heavy atom. The van der Waals surface area contributed by atoms with Gasteiger partial charge in [-0.05, 0) is 24.1 Å². The van der Waals surface area contributed by atoms with Crippen LogP contribution in [0.1, 0.15) is 36.5 Å². The predicted molar refractivity (Wildman–Crippen MR) is 84.0 cm³/mol. The van der Waals surface area contributed by atoms with Crippen molar-refractivity contribution in [3.05, 3.63) is 22.7 Å². The van der Waals surface area contributed by atoms with Crippen molar-refractivity contribution in [3.8, 4) is 11.5 Å². The molecule has 0 radical (unpaired) electrons. The smallest absolute Gasteiger partial charge is 0.256 e. The van der Waals surface area contributed by atoms with Gasteiger partial charge in [-0.1, -0.05) is 24.9 Å². The molecule has 0 aliphatic heterocycles. The Hall–Kier alpha value is -0.970. The molecule has 118 valence electrons. The summed E-state index contributed by atoms with van der Waals surface area (Å²) in [5, 5.41) is -0.270. The zero-order valence-electron chi connectivity index (χ0n) is 12.3. The number of halogens is 2. The van der Waals surface area contributed by atoms with Gasteiger partial charge in [-0.15, -0.1) is 0 Å². The maximum atomic E-state index is 11.4. The Labute approximate surface area is 135 Å². The van der Waals surface area contributed by atoms with E-state index in [2.05, 4.69) is 6.92 Å². The van der Waals surface area contributed by atoms with E-state index in [9.17, 15) is 4.79 Å². The van der Waals surface area contributed by atoms with Crippen molar-refractivity contribution < 1.29 is 19.0 Å². The van der Waals surface area contributed by atoms with Crippen molar-refractivity contribution in [1.82, 2.24) is 0 Å². The summed E-state index contributed by atoms with van der Waals surface area (Å²) in [4.78, 5) is 11.4. The molecule has 0 aliphatic rings. The van der Waals surface area contributed by atoms with Gasteiger partial charge in [-0.3, -0.25) is 4.79 Å². The molecule has 0 spiro atoms. The first-order chi connectivity index (χ1) is 10.1. The molecule has 0 bridgehead atoms. The third-order valence-corrected chi connectivity index (χ3v) is 3.25. The molecule has 0 saturated heterocycles. The molecule has 21 heavy (non-hydrogen) atoms. The van der Waals surface area contributed by atoms with Gasteiger partial charge in [0.1, 0.15) is 11.5 Å². The fourth-order valence-electron chi connectivity index (χ4n) is 1.63. The van der Waals surface area contributed by atoms with E-state index in [4.69, 9.17) is 37.4 Å². The third kappa shape index (κ3) is 6.12. The molecular weight excluding hydrogens is 315 g/mol. The molecule has 0 heterocycles. The molecule has 0 aliphatic carbocycles. The lowest BCUT2D eigenvalue weighted by atomic mass is 10.2. The predicted octanol–water partition coefficient (Wildman–Crippen LogP) is 4.31. The fourth-order valence-corrected chi connectivity index (χ4v) is 2.00. The minimum absolute atomic E-state index is 0.252. The van der Waals surface area contributed by atoms with E-state index in [0.29, 0.717) is 36.3 Å². The Morgan fingerprint density at radius 2 is 1.76 bits per heavy atom. The zero-order valence-corrected chi connectivity index (χ0v) is 13.8. The van der Waals surface area contributed by atoms with Gasteiger partial charge >= 0.3 is 0 Å². The second kappa shape index (κ2) is 9.87. The number of ether oxygens (including phenoxy) is 3. The van der Waals surface area contributed by atoms with Crippen molar-refractivity contribution in [1.29, 1.82) is 0 Å². The van der Waals surface area contributed by atoms with Crippen LogP contribution < -0.4 is 9.47 Å². The molecule has 0 unspecified atom stereocenters. The average molecular weight is 335 g/mol. The molecule has 1 aromatic carbocycles. The summed E-state index contributed by atoms with van der Waals surface area (Å²) >= 11 is 11.7. The SMILES string of the molecule is CCCCOc1cc(OCCCOC)c(Cl)cc1C(=O)Cl. The second-order valence-corrected chi connectivity index (χ2v) is 5.20. The Bertz CT molecular complexity index is 463. The van der Waals surface area contributed by atoms with Crippen molar-refractivity contribution in [2.24, 2.45) is 0 Å². The second-order valence-electron chi connectivity index (χ2n) is 4.45. The normalized spacial score (nSPS) is 10.5. The summed E-state index contributed by atoms with van der Waals surface area (Å²) < 4.78 is 16.1. The van der Waals surface area contributed by atoms with E-state index < -0.39 is 5.24 Å². The van der Waals surface area contributed by atoms with Gasteiger partial charge in [0.25, 0.3) is 5.24 Å². The van der Waals surface area contributed by atoms with Gasteiger partial charge in [0.2, 0.25) is 0 Å². The van der Waals surface area contributed by atoms with Crippen LogP contribution in [0.5, 0.6) is 11.5 Å². The summed E-state index contributed by atoms with van der Waals surface area (Å²) in [6.07, 6.45) is 2.63. The summed E-state index contributed by atoms with van der Waals surface area (Å²) in [5.41, 5.74) is 0.252. The Morgan fingerprint density at radius 1 is 1.10 bits per heavy atom. The van der Waals surface area contributed by atoms with E-state index in [1.165, 1.54) is 6.07 Å². The largest absolute Gasteiger partial charge is 0.493 e. The first-order valence-corrected chi connectivity index (χ1v) is 7.63. The summed E-state index contributed by atoms with van der Waals surface area (Å²) in [6.45, 7) is 3.65. The number of hydrogen-bond donors (Lipinski definition) is 0. The van der Waals surface area contributed by atoms with E-state index in [1.807, 2.05) is 0 Å². The zero-order chi connectivity index (χ0) is 15.7. The van der Waals surface area contributed by atoms with Gasteiger partial charge in [0.15, 0.2) is 0 Å². The van der Waals surface area contributed by atoms with Crippen LogP contribution in [0.15, 0.2) is 12.1 Å². The van der Waals surface area contributed by atoms with Crippen LogP contribution in [0, 0.1) is 0 Å². The number of unbranched alkanes of at least 4 members (excludes halogenated alkanes) is 1. The van der Waals surface area contributed by atoms with Crippen molar-refractivity contribution in [3.63, 3.8) is 0 Å². The quantitative estimate of drug-likeness (QED) is 0.472. The van der Waals surface area contributed by atoms with Gasteiger partial charge in [-0.25, -0.2) is 0 Å². The van der Waals surface area contributed by atoms with Crippen LogP contribution >= 0.6 is 23.2 Å². The first-order valence-electron chi connectivity index (χ1n) is 6.88.